The van der Waals surface area contributed by atoms with Gasteiger partial charge in [-0.25, -0.2) is 8.42 Å². The number of sulfone groups is 1. The van der Waals surface area contributed by atoms with Crippen LogP contribution in [0.5, 0.6) is 0 Å². The van der Waals surface area contributed by atoms with E-state index in [9.17, 15) is 8.42 Å². The summed E-state index contributed by atoms with van der Waals surface area (Å²) in [4.78, 5) is 0.351. The van der Waals surface area contributed by atoms with Crippen LogP contribution in [-0.4, -0.2) is 26.8 Å². The van der Waals surface area contributed by atoms with Crippen molar-refractivity contribution in [2.45, 2.75) is 37.6 Å². The van der Waals surface area contributed by atoms with Gasteiger partial charge in [-0.3, -0.25) is 0 Å². The highest BCUT2D eigenvalue weighted by atomic mass is 35.5. The van der Waals surface area contributed by atoms with Crippen molar-refractivity contribution in [3.05, 3.63) is 29.3 Å². The van der Waals surface area contributed by atoms with Gasteiger partial charge in [-0.05, 0) is 43.7 Å². The maximum atomic E-state index is 12.0. The Morgan fingerprint density at radius 2 is 1.78 bits per heavy atom. The van der Waals surface area contributed by atoms with E-state index in [1.165, 1.54) is 0 Å². The summed E-state index contributed by atoms with van der Waals surface area (Å²) in [5.41, 5.74) is 0. The third-order valence-corrected chi connectivity index (χ3v) is 4.63. The van der Waals surface area contributed by atoms with Crippen molar-refractivity contribution in [1.82, 2.24) is 5.32 Å². The summed E-state index contributed by atoms with van der Waals surface area (Å²) < 4.78 is 24.0. The first kappa shape index (κ1) is 15.5. The van der Waals surface area contributed by atoms with E-state index in [1.807, 2.05) is 0 Å². The van der Waals surface area contributed by atoms with Gasteiger partial charge in [-0.2, -0.15) is 0 Å². The third-order valence-electron chi connectivity index (χ3n) is 2.57. The monoisotopic (exact) mass is 289 g/mol. The lowest BCUT2D eigenvalue weighted by Crippen LogP contribution is -2.24. The van der Waals surface area contributed by atoms with E-state index in [2.05, 4.69) is 19.2 Å². The van der Waals surface area contributed by atoms with Crippen LogP contribution in [0.15, 0.2) is 29.2 Å². The molecule has 0 fully saturated rings. The lowest BCUT2D eigenvalue weighted by atomic mass is 10.3. The highest BCUT2D eigenvalue weighted by Crippen LogP contribution is 2.16. The maximum absolute atomic E-state index is 12.0. The van der Waals surface area contributed by atoms with Crippen molar-refractivity contribution in [3.63, 3.8) is 0 Å². The minimum absolute atomic E-state index is 0.189. The average molecular weight is 290 g/mol. The lowest BCUT2D eigenvalue weighted by molar-refractivity contribution is 0.560. The van der Waals surface area contributed by atoms with Gasteiger partial charge in [0.05, 0.1) is 10.6 Å². The molecule has 0 unspecified atom stereocenters. The lowest BCUT2D eigenvalue weighted by Gasteiger charge is -2.08. The molecule has 0 bridgehead atoms. The number of nitrogens with one attached hydrogen (secondary N) is 1. The molecule has 1 rings (SSSR count). The van der Waals surface area contributed by atoms with E-state index >= 15 is 0 Å². The number of rotatable bonds is 7. The first-order valence-corrected chi connectivity index (χ1v) is 8.16. The smallest absolute Gasteiger partial charge is 0.178 e. The molecule has 0 heterocycles. The van der Waals surface area contributed by atoms with Crippen molar-refractivity contribution >= 4 is 21.4 Å². The molecule has 1 aromatic carbocycles. The topological polar surface area (TPSA) is 46.2 Å². The summed E-state index contributed by atoms with van der Waals surface area (Å²) in [5, 5.41) is 3.82. The Kier molecular flexibility index (Phi) is 6.12. The summed E-state index contributed by atoms with van der Waals surface area (Å²) in [6.07, 6.45) is 1.54. The molecule has 0 aliphatic rings. The standard InChI is InChI=1S/C13H20ClNO2S/c1-11(2)15-9-3-4-10-18(16,17)13-7-5-12(14)6-8-13/h5-8,11,15H,3-4,9-10H2,1-2H3. The van der Waals surface area contributed by atoms with Crippen LogP contribution in [0.2, 0.25) is 5.02 Å². The second-order valence-corrected chi connectivity index (χ2v) is 7.13. The molecule has 0 saturated heterocycles. The predicted octanol–water partition coefficient (Wildman–Crippen LogP) is 2.89. The summed E-state index contributed by atoms with van der Waals surface area (Å²) in [6, 6.07) is 6.77. The van der Waals surface area contributed by atoms with Gasteiger partial charge in [0.25, 0.3) is 0 Å². The van der Waals surface area contributed by atoms with Gasteiger partial charge in [0, 0.05) is 11.1 Å². The van der Waals surface area contributed by atoms with Crippen LogP contribution >= 0.6 is 11.6 Å². The molecule has 5 heteroatoms. The van der Waals surface area contributed by atoms with Crippen LogP contribution in [0.1, 0.15) is 26.7 Å². The summed E-state index contributed by atoms with van der Waals surface area (Å²) in [7, 11) is -3.16. The summed E-state index contributed by atoms with van der Waals surface area (Å²) in [6.45, 7) is 5.00. The van der Waals surface area contributed by atoms with Crippen molar-refractivity contribution < 1.29 is 8.42 Å². The second kappa shape index (κ2) is 7.12. The molecule has 0 aliphatic heterocycles. The number of hydrogen-bond donors (Lipinski definition) is 1. The largest absolute Gasteiger partial charge is 0.315 e. The van der Waals surface area contributed by atoms with Gasteiger partial charge in [-0.15, -0.1) is 0 Å². The van der Waals surface area contributed by atoms with Gasteiger partial charge < -0.3 is 5.32 Å². The SMILES string of the molecule is CC(C)NCCCCS(=O)(=O)c1ccc(Cl)cc1. The van der Waals surface area contributed by atoms with Crippen LogP contribution in [0.4, 0.5) is 0 Å². The average Bonchev–Trinajstić information content (AvgIpc) is 2.28. The van der Waals surface area contributed by atoms with Crippen molar-refractivity contribution in [1.29, 1.82) is 0 Å². The van der Waals surface area contributed by atoms with Gasteiger partial charge >= 0.3 is 0 Å². The minimum atomic E-state index is -3.16. The van der Waals surface area contributed by atoms with Gasteiger partial charge in [0.1, 0.15) is 0 Å². The number of hydrogen-bond acceptors (Lipinski definition) is 3. The summed E-state index contributed by atoms with van der Waals surface area (Å²) >= 11 is 5.73. The Labute approximate surface area is 114 Å². The fourth-order valence-corrected chi connectivity index (χ4v) is 3.06. The highest BCUT2D eigenvalue weighted by molar-refractivity contribution is 7.91. The van der Waals surface area contributed by atoms with Crippen LogP contribution < -0.4 is 5.32 Å². The molecule has 1 aromatic rings. The number of benzene rings is 1. The first-order valence-electron chi connectivity index (χ1n) is 6.13. The Hall–Kier alpha value is -0.580. The Morgan fingerprint density at radius 1 is 1.17 bits per heavy atom. The normalized spacial score (nSPS) is 12.0. The Balaban J connectivity index is 2.43. The van der Waals surface area contributed by atoms with E-state index in [0.717, 1.165) is 13.0 Å². The fourth-order valence-electron chi connectivity index (χ4n) is 1.57. The van der Waals surface area contributed by atoms with Gasteiger partial charge in [-0.1, -0.05) is 25.4 Å². The second-order valence-electron chi connectivity index (χ2n) is 4.59. The molecule has 18 heavy (non-hydrogen) atoms. The molecule has 0 aliphatic carbocycles. The Morgan fingerprint density at radius 3 is 2.33 bits per heavy atom. The molecule has 102 valence electrons. The van der Waals surface area contributed by atoms with E-state index < -0.39 is 9.84 Å². The summed E-state index contributed by atoms with van der Waals surface area (Å²) in [5.74, 6) is 0.189. The van der Waals surface area contributed by atoms with Crippen molar-refractivity contribution in [2.24, 2.45) is 0 Å². The molecule has 0 saturated carbocycles. The fraction of sp³-hybridized carbons (Fsp3) is 0.538. The van der Waals surface area contributed by atoms with Gasteiger partial charge in [0.15, 0.2) is 9.84 Å². The van der Waals surface area contributed by atoms with E-state index in [1.54, 1.807) is 24.3 Å². The number of unbranched alkanes of at least 4 members (excludes halogenated alkanes) is 1. The zero-order valence-electron chi connectivity index (χ0n) is 10.8. The molecular formula is C13H20ClNO2S. The predicted molar refractivity (Wildman–Crippen MR) is 75.9 cm³/mol. The molecule has 0 spiro atoms. The molecule has 0 amide bonds. The van der Waals surface area contributed by atoms with E-state index in [-0.39, 0.29) is 5.75 Å². The molecule has 0 radical (unpaired) electrons. The maximum Gasteiger partial charge on any atom is 0.178 e. The quantitative estimate of drug-likeness (QED) is 0.785. The Bertz CT molecular complexity index is 454. The number of halogens is 1. The third kappa shape index (κ3) is 5.38. The van der Waals surface area contributed by atoms with Crippen molar-refractivity contribution in [3.8, 4) is 0 Å². The van der Waals surface area contributed by atoms with E-state index in [0.29, 0.717) is 22.4 Å². The van der Waals surface area contributed by atoms with Crippen LogP contribution in [0.3, 0.4) is 0 Å². The molecule has 0 atom stereocenters. The van der Waals surface area contributed by atoms with Gasteiger partial charge in [0.2, 0.25) is 0 Å². The zero-order chi connectivity index (χ0) is 13.6. The van der Waals surface area contributed by atoms with Crippen LogP contribution in [0, 0.1) is 0 Å². The highest BCUT2D eigenvalue weighted by Gasteiger charge is 2.13. The molecular weight excluding hydrogens is 270 g/mol. The zero-order valence-corrected chi connectivity index (χ0v) is 12.4. The molecule has 1 N–H and O–H groups in total. The van der Waals surface area contributed by atoms with Crippen LogP contribution in [-0.2, 0) is 9.84 Å². The first-order chi connectivity index (χ1) is 8.42. The minimum Gasteiger partial charge on any atom is -0.315 e. The van der Waals surface area contributed by atoms with E-state index in [4.69, 9.17) is 11.6 Å². The van der Waals surface area contributed by atoms with Crippen LogP contribution in [0.25, 0.3) is 0 Å². The molecule has 3 nitrogen and oxygen atoms in total. The van der Waals surface area contributed by atoms with Crippen molar-refractivity contribution in [2.75, 3.05) is 12.3 Å². The molecule has 0 aromatic heterocycles.